The second kappa shape index (κ2) is 5.72. The van der Waals surface area contributed by atoms with Gasteiger partial charge in [0.05, 0.1) is 29.7 Å². The first-order valence-electron chi connectivity index (χ1n) is 3.90. The predicted molar refractivity (Wildman–Crippen MR) is 56.2 cm³/mol. The number of rotatable bonds is 4. The molecule has 82 valence electrons. The second-order valence-corrected chi connectivity index (χ2v) is 4.44. The van der Waals surface area contributed by atoms with Crippen LogP contribution < -0.4 is 0 Å². The van der Waals surface area contributed by atoms with Crippen molar-refractivity contribution >= 4 is 35.0 Å². The highest BCUT2D eigenvalue weighted by Gasteiger charge is 2.16. The number of ether oxygens (including phenoxy) is 2. The third-order valence-corrected chi connectivity index (χ3v) is 3.56. The van der Waals surface area contributed by atoms with E-state index in [1.54, 1.807) is 0 Å². The lowest BCUT2D eigenvalue weighted by Gasteiger charge is -1.99. The molecule has 1 aromatic rings. The van der Waals surface area contributed by atoms with E-state index in [-0.39, 0.29) is 17.4 Å². The van der Waals surface area contributed by atoms with Gasteiger partial charge < -0.3 is 9.47 Å². The van der Waals surface area contributed by atoms with Gasteiger partial charge in [0.25, 0.3) is 0 Å². The number of methoxy groups -OCH3 is 2. The van der Waals surface area contributed by atoms with Crippen LogP contribution in [0.1, 0.15) is 10.5 Å². The summed E-state index contributed by atoms with van der Waals surface area (Å²) in [6.45, 7) is 0. The first-order valence-corrected chi connectivity index (χ1v) is 5.77. The quantitative estimate of drug-likeness (QED) is 0.588. The molecule has 0 radical (unpaired) electrons. The molecule has 0 bridgehead atoms. The molecule has 5 nitrogen and oxygen atoms in total. The van der Waals surface area contributed by atoms with Gasteiger partial charge in [0, 0.05) is 0 Å². The van der Waals surface area contributed by atoms with Gasteiger partial charge in [-0.2, -0.15) is 0 Å². The molecule has 1 aromatic heterocycles. The smallest absolute Gasteiger partial charge is 0.358 e. The van der Waals surface area contributed by atoms with Crippen molar-refractivity contribution in [2.45, 2.75) is 4.21 Å². The molecule has 0 N–H and O–H groups in total. The van der Waals surface area contributed by atoms with Crippen molar-refractivity contribution < 1.29 is 19.1 Å². The van der Waals surface area contributed by atoms with E-state index in [0.29, 0.717) is 4.21 Å². The minimum Gasteiger partial charge on any atom is -0.468 e. The van der Waals surface area contributed by atoms with Crippen LogP contribution in [0, 0.1) is 0 Å². The topological polar surface area (TPSA) is 65.5 Å². The Morgan fingerprint density at radius 3 is 2.80 bits per heavy atom. The van der Waals surface area contributed by atoms with Crippen LogP contribution >= 0.6 is 23.1 Å². The Balaban J connectivity index is 2.65. The molecule has 0 aliphatic heterocycles. The monoisotopic (exact) mass is 247 g/mol. The highest BCUT2D eigenvalue weighted by atomic mass is 32.2. The van der Waals surface area contributed by atoms with Crippen molar-refractivity contribution in [2.24, 2.45) is 0 Å². The van der Waals surface area contributed by atoms with Crippen LogP contribution in [0.5, 0.6) is 0 Å². The Morgan fingerprint density at radius 1 is 1.47 bits per heavy atom. The van der Waals surface area contributed by atoms with Gasteiger partial charge in [0.1, 0.15) is 0 Å². The highest BCUT2D eigenvalue weighted by Crippen LogP contribution is 2.27. The molecular weight excluding hydrogens is 238 g/mol. The van der Waals surface area contributed by atoms with E-state index in [1.807, 2.05) is 0 Å². The third-order valence-electron chi connectivity index (χ3n) is 1.46. The standard InChI is InChI=1S/C8H9NO4S2/c1-12-5(10)3-14-8-6(7(11)13-2)9-4-15-8/h4H,3H2,1-2H3. The number of nitrogens with zero attached hydrogens (tertiary/aromatic N) is 1. The van der Waals surface area contributed by atoms with Gasteiger partial charge in [-0.1, -0.05) is 0 Å². The van der Waals surface area contributed by atoms with E-state index in [1.165, 1.54) is 42.8 Å². The van der Waals surface area contributed by atoms with E-state index < -0.39 is 5.97 Å². The Labute approximate surface area is 94.8 Å². The summed E-state index contributed by atoms with van der Waals surface area (Å²) in [5.74, 6) is -0.685. The molecule has 0 atom stereocenters. The SMILES string of the molecule is COC(=O)CSc1scnc1C(=O)OC. The molecular formula is C8H9NO4S2. The molecule has 0 spiro atoms. The van der Waals surface area contributed by atoms with Crippen LogP contribution in [0.25, 0.3) is 0 Å². The molecule has 0 aliphatic rings. The number of hydrogen-bond acceptors (Lipinski definition) is 7. The van der Waals surface area contributed by atoms with Crippen molar-refractivity contribution in [1.82, 2.24) is 4.98 Å². The number of thiazole rings is 1. The van der Waals surface area contributed by atoms with Gasteiger partial charge in [0.2, 0.25) is 0 Å². The fourth-order valence-electron chi connectivity index (χ4n) is 0.754. The molecule has 1 heterocycles. The van der Waals surface area contributed by atoms with E-state index in [2.05, 4.69) is 14.5 Å². The molecule has 7 heteroatoms. The van der Waals surface area contributed by atoms with E-state index in [0.717, 1.165) is 0 Å². The summed E-state index contributed by atoms with van der Waals surface area (Å²) in [5, 5.41) is 0. The molecule has 0 saturated carbocycles. The molecule has 0 fully saturated rings. The number of thioether (sulfide) groups is 1. The Kier molecular flexibility index (Phi) is 4.57. The fraction of sp³-hybridized carbons (Fsp3) is 0.375. The summed E-state index contributed by atoms with van der Waals surface area (Å²) in [4.78, 5) is 25.9. The molecule has 0 aromatic carbocycles. The lowest BCUT2D eigenvalue weighted by Crippen LogP contribution is -2.05. The minimum atomic E-state index is -0.497. The number of carbonyl (C=O) groups excluding carboxylic acids is 2. The number of carbonyl (C=O) groups is 2. The average molecular weight is 247 g/mol. The maximum Gasteiger partial charge on any atom is 0.358 e. The van der Waals surface area contributed by atoms with Crippen molar-refractivity contribution in [3.63, 3.8) is 0 Å². The fourth-order valence-corrected chi connectivity index (χ4v) is 2.47. The number of hydrogen-bond donors (Lipinski definition) is 0. The normalized spacial score (nSPS) is 9.73. The first-order chi connectivity index (χ1) is 7.19. The van der Waals surface area contributed by atoms with Gasteiger partial charge in [-0.25, -0.2) is 9.78 Å². The predicted octanol–water partition coefficient (Wildman–Crippen LogP) is 1.19. The van der Waals surface area contributed by atoms with Crippen LogP contribution in [-0.4, -0.2) is 36.9 Å². The minimum absolute atomic E-state index is 0.155. The van der Waals surface area contributed by atoms with Crippen LogP contribution in [0.2, 0.25) is 0 Å². The van der Waals surface area contributed by atoms with Crippen molar-refractivity contribution in [3.8, 4) is 0 Å². The Bertz CT molecular complexity index is 363. The summed E-state index contributed by atoms with van der Waals surface area (Å²) in [5.41, 5.74) is 1.78. The Hall–Kier alpha value is -1.08. The lowest BCUT2D eigenvalue weighted by atomic mass is 10.5. The van der Waals surface area contributed by atoms with Crippen molar-refractivity contribution in [2.75, 3.05) is 20.0 Å². The lowest BCUT2D eigenvalue weighted by molar-refractivity contribution is -0.137. The zero-order valence-corrected chi connectivity index (χ0v) is 9.81. The summed E-state index contributed by atoms with van der Waals surface area (Å²) in [6.07, 6.45) is 0. The summed E-state index contributed by atoms with van der Waals surface area (Å²) < 4.78 is 9.69. The van der Waals surface area contributed by atoms with Crippen LogP contribution in [0.4, 0.5) is 0 Å². The zero-order chi connectivity index (χ0) is 11.3. The number of aromatic nitrogens is 1. The maximum atomic E-state index is 11.2. The average Bonchev–Trinajstić information content (AvgIpc) is 2.72. The van der Waals surface area contributed by atoms with Crippen molar-refractivity contribution in [3.05, 3.63) is 11.2 Å². The van der Waals surface area contributed by atoms with Crippen LogP contribution in [0.15, 0.2) is 9.72 Å². The highest BCUT2D eigenvalue weighted by molar-refractivity contribution is 8.01. The first kappa shape index (κ1) is 12.0. The largest absolute Gasteiger partial charge is 0.468 e. The summed E-state index contributed by atoms with van der Waals surface area (Å²) in [7, 11) is 2.60. The molecule has 0 unspecified atom stereocenters. The van der Waals surface area contributed by atoms with Gasteiger partial charge in [-0.3, -0.25) is 4.79 Å². The molecule has 15 heavy (non-hydrogen) atoms. The maximum absolute atomic E-state index is 11.2. The van der Waals surface area contributed by atoms with Gasteiger partial charge >= 0.3 is 11.9 Å². The zero-order valence-electron chi connectivity index (χ0n) is 8.18. The molecule has 0 amide bonds. The van der Waals surface area contributed by atoms with Crippen molar-refractivity contribution in [1.29, 1.82) is 0 Å². The molecule has 1 rings (SSSR count). The third kappa shape index (κ3) is 3.21. The summed E-state index contributed by atoms with van der Waals surface area (Å²) >= 11 is 2.50. The van der Waals surface area contributed by atoms with Gasteiger partial charge in [-0.05, 0) is 0 Å². The van der Waals surface area contributed by atoms with E-state index in [4.69, 9.17) is 0 Å². The Morgan fingerprint density at radius 2 is 2.20 bits per heavy atom. The molecule has 0 saturated heterocycles. The van der Waals surface area contributed by atoms with Gasteiger partial charge in [0.15, 0.2) is 5.69 Å². The van der Waals surface area contributed by atoms with Crippen LogP contribution in [-0.2, 0) is 14.3 Å². The van der Waals surface area contributed by atoms with E-state index >= 15 is 0 Å². The summed E-state index contributed by atoms with van der Waals surface area (Å²) in [6, 6.07) is 0. The molecule has 0 aliphatic carbocycles. The van der Waals surface area contributed by atoms with E-state index in [9.17, 15) is 9.59 Å². The second-order valence-electron chi connectivity index (χ2n) is 2.34. The van der Waals surface area contributed by atoms with Crippen LogP contribution in [0.3, 0.4) is 0 Å². The number of esters is 2. The van der Waals surface area contributed by atoms with Gasteiger partial charge in [-0.15, -0.1) is 23.1 Å².